The molecule has 4 heteroatoms. The maximum Gasteiger partial charge on any atom is 0.0935 e. The molecule has 1 aromatic heterocycles. The van der Waals surface area contributed by atoms with Gasteiger partial charge >= 0.3 is 0 Å². The van der Waals surface area contributed by atoms with Crippen LogP contribution >= 0.6 is 11.3 Å². The molecule has 106 valence electrons. The molecule has 1 aliphatic carbocycles. The molecule has 2 atom stereocenters. The van der Waals surface area contributed by atoms with Crippen LogP contribution in [0.15, 0.2) is 0 Å². The largest absolute Gasteiger partial charge is 0.381 e. The summed E-state index contributed by atoms with van der Waals surface area (Å²) in [5, 5.41) is 4.99. The summed E-state index contributed by atoms with van der Waals surface area (Å²) in [5.74, 6) is 0.703. The molecule has 0 spiro atoms. The molecule has 1 saturated heterocycles. The fraction of sp³-hybridized carbons (Fsp3) is 0.800. The lowest BCUT2D eigenvalue weighted by atomic mass is 9.97. The monoisotopic (exact) mass is 280 g/mol. The van der Waals surface area contributed by atoms with Gasteiger partial charge in [0.05, 0.1) is 16.7 Å². The van der Waals surface area contributed by atoms with Crippen molar-refractivity contribution < 1.29 is 4.74 Å². The van der Waals surface area contributed by atoms with Gasteiger partial charge in [-0.1, -0.05) is 6.92 Å². The SMILES string of the molecule is CCCNC1CCCc2sc(CC3CCOC3)nc21. The lowest BCUT2D eigenvalue weighted by Crippen LogP contribution is -2.25. The Balaban J connectivity index is 1.69. The standard InChI is InChI=1S/C15H24N2OS/c1-2-7-16-12-4-3-5-13-15(12)17-14(19-13)9-11-6-8-18-10-11/h11-12,16H,2-10H2,1H3. The van der Waals surface area contributed by atoms with Crippen molar-refractivity contribution in [2.75, 3.05) is 19.8 Å². The highest BCUT2D eigenvalue weighted by atomic mass is 32.1. The average Bonchev–Trinajstić information content (AvgIpc) is 3.05. The van der Waals surface area contributed by atoms with Crippen LogP contribution in [0.2, 0.25) is 0 Å². The van der Waals surface area contributed by atoms with E-state index in [0.29, 0.717) is 12.0 Å². The second kappa shape index (κ2) is 6.33. The Kier molecular flexibility index (Phi) is 4.51. The third-order valence-electron chi connectivity index (χ3n) is 4.13. The maximum absolute atomic E-state index is 5.47. The average molecular weight is 280 g/mol. The number of nitrogens with zero attached hydrogens (tertiary/aromatic N) is 1. The molecule has 0 saturated carbocycles. The molecule has 0 amide bonds. The van der Waals surface area contributed by atoms with Crippen molar-refractivity contribution in [2.24, 2.45) is 5.92 Å². The first-order valence-corrected chi connectivity index (χ1v) is 8.48. The molecule has 1 aromatic rings. The normalized spacial score (nSPS) is 26.6. The Morgan fingerprint density at radius 2 is 2.37 bits per heavy atom. The fourth-order valence-electron chi connectivity index (χ4n) is 3.06. The summed E-state index contributed by atoms with van der Waals surface area (Å²) in [5.41, 5.74) is 1.36. The summed E-state index contributed by atoms with van der Waals surface area (Å²) in [6.07, 6.45) is 7.33. The lowest BCUT2D eigenvalue weighted by molar-refractivity contribution is 0.186. The zero-order valence-corrected chi connectivity index (χ0v) is 12.6. The second-order valence-corrected chi connectivity index (χ2v) is 6.92. The molecule has 3 rings (SSSR count). The molecule has 0 radical (unpaired) electrons. The van der Waals surface area contributed by atoms with Gasteiger partial charge < -0.3 is 10.1 Å². The molecule has 3 nitrogen and oxygen atoms in total. The van der Waals surface area contributed by atoms with Gasteiger partial charge in [0.2, 0.25) is 0 Å². The van der Waals surface area contributed by atoms with Gasteiger partial charge in [-0.2, -0.15) is 0 Å². The van der Waals surface area contributed by atoms with Gasteiger partial charge in [-0.15, -0.1) is 11.3 Å². The van der Waals surface area contributed by atoms with E-state index in [-0.39, 0.29) is 0 Å². The van der Waals surface area contributed by atoms with Crippen LogP contribution < -0.4 is 5.32 Å². The highest BCUT2D eigenvalue weighted by Gasteiger charge is 2.25. The van der Waals surface area contributed by atoms with Crippen molar-refractivity contribution in [1.82, 2.24) is 10.3 Å². The van der Waals surface area contributed by atoms with E-state index in [9.17, 15) is 0 Å². The number of ether oxygens (including phenoxy) is 1. The Bertz CT molecular complexity index is 412. The van der Waals surface area contributed by atoms with Crippen molar-refractivity contribution in [3.05, 3.63) is 15.6 Å². The first-order chi connectivity index (χ1) is 9.36. The number of hydrogen-bond acceptors (Lipinski definition) is 4. The maximum atomic E-state index is 5.47. The number of hydrogen-bond donors (Lipinski definition) is 1. The van der Waals surface area contributed by atoms with Crippen LogP contribution in [0.3, 0.4) is 0 Å². The van der Waals surface area contributed by atoms with E-state index >= 15 is 0 Å². The van der Waals surface area contributed by atoms with Gasteiger partial charge in [0.1, 0.15) is 0 Å². The number of nitrogens with one attached hydrogen (secondary N) is 1. The molecule has 0 aromatic carbocycles. The lowest BCUT2D eigenvalue weighted by Gasteiger charge is -2.22. The predicted molar refractivity (Wildman–Crippen MR) is 78.7 cm³/mol. The Morgan fingerprint density at radius 1 is 1.42 bits per heavy atom. The van der Waals surface area contributed by atoms with E-state index < -0.39 is 0 Å². The zero-order valence-electron chi connectivity index (χ0n) is 11.8. The summed E-state index contributed by atoms with van der Waals surface area (Å²) in [4.78, 5) is 6.48. The minimum atomic E-state index is 0.508. The van der Waals surface area contributed by atoms with Crippen molar-refractivity contribution in [3.8, 4) is 0 Å². The van der Waals surface area contributed by atoms with Crippen LogP contribution in [0.4, 0.5) is 0 Å². The van der Waals surface area contributed by atoms with Gasteiger partial charge in [-0.05, 0) is 44.6 Å². The predicted octanol–water partition coefficient (Wildman–Crippen LogP) is 3.10. The van der Waals surface area contributed by atoms with Crippen LogP contribution in [0, 0.1) is 5.92 Å². The Hall–Kier alpha value is -0.450. The van der Waals surface area contributed by atoms with Crippen LogP contribution in [-0.2, 0) is 17.6 Å². The number of aromatic nitrogens is 1. The van der Waals surface area contributed by atoms with Crippen LogP contribution in [0.25, 0.3) is 0 Å². The third-order valence-corrected chi connectivity index (χ3v) is 5.28. The number of fused-ring (bicyclic) bond motifs is 1. The highest BCUT2D eigenvalue weighted by molar-refractivity contribution is 7.11. The first kappa shape index (κ1) is 13.5. The van der Waals surface area contributed by atoms with E-state index in [0.717, 1.165) is 26.2 Å². The summed E-state index contributed by atoms with van der Waals surface area (Å²) >= 11 is 1.95. The molecule has 2 aliphatic rings. The van der Waals surface area contributed by atoms with Crippen LogP contribution in [-0.4, -0.2) is 24.7 Å². The van der Waals surface area contributed by atoms with E-state index in [4.69, 9.17) is 9.72 Å². The van der Waals surface area contributed by atoms with E-state index in [2.05, 4.69) is 12.2 Å². The molecular weight excluding hydrogens is 256 g/mol. The number of aryl methyl sites for hydroxylation is 1. The summed E-state index contributed by atoms with van der Waals surface area (Å²) in [7, 11) is 0. The van der Waals surface area contributed by atoms with Gasteiger partial charge in [-0.3, -0.25) is 0 Å². The van der Waals surface area contributed by atoms with E-state index in [1.165, 1.54) is 47.7 Å². The Morgan fingerprint density at radius 3 is 3.16 bits per heavy atom. The van der Waals surface area contributed by atoms with Crippen molar-refractivity contribution in [2.45, 2.75) is 51.5 Å². The van der Waals surface area contributed by atoms with Crippen LogP contribution in [0.1, 0.15) is 54.2 Å². The summed E-state index contributed by atoms with van der Waals surface area (Å²) in [6, 6.07) is 0.508. The topological polar surface area (TPSA) is 34.1 Å². The fourth-order valence-corrected chi connectivity index (χ4v) is 4.35. The van der Waals surface area contributed by atoms with Crippen molar-refractivity contribution in [3.63, 3.8) is 0 Å². The van der Waals surface area contributed by atoms with Gasteiger partial charge in [0.25, 0.3) is 0 Å². The molecule has 0 bridgehead atoms. The molecular formula is C15H24N2OS. The van der Waals surface area contributed by atoms with E-state index in [1.54, 1.807) is 0 Å². The molecule has 2 heterocycles. The third kappa shape index (κ3) is 3.18. The molecule has 1 N–H and O–H groups in total. The quantitative estimate of drug-likeness (QED) is 0.900. The second-order valence-electron chi connectivity index (χ2n) is 5.75. The van der Waals surface area contributed by atoms with Gasteiger partial charge in [0, 0.05) is 24.5 Å². The number of rotatable bonds is 5. The molecule has 2 unspecified atom stereocenters. The summed E-state index contributed by atoms with van der Waals surface area (Å²) in [6.45, 7) is 5.20. The molecule has 19 heavy (non-hydrogen) atoms. The highest BCUT2D eigenvalue weighted by Crippen LogP contribution is 2.34. The first-order valence-electron chi connectivity index (χ1n) is 7.66. The number of thiazole rings is 1. The van der Waals surface area contributed by atoms with Crippen molar-refractivity contribution >= 4 is 11.3 Å². The van der Waals surface area contributed by atoms with Gasteiger partial charge in [-0.25, -0.2) is 4.98 Å². The smallest absolute Gasteiger partial charge is 0.0935 e. The molecule has 1 fully saturated rings. The summed E-state index contributed by atoms with van der Waals surface area (Å²) < 4.78 is 5.47. The molecule has 1 aliphatic heterocycles. The zero-order chi connectivity index (χ0) is 13.1. The minimum absolute atomic E-state index is 0.508. The van der Waals surface area contributed by atoms with E-state index in [1.807, 2.05) is 11.3 Å². The van der Waals surface area contributed by atoms with Crippen molar-refractivity contribution in [1.29, 1.82) is 0 Å². The van der Waals surface area contributed by atoms with Crippen LogP contribution in [0.5, 0.6) is 0 Å². The Labute approximate surface area is 119 Å². The minimum Gasteiger partial charge on any atom is -0.381 e. The van der Waals surface area contributed by atoms with Gasteiger partial charge in [0.15, 0.2) is 0 Å².